The van der Waals surface area contributed by atoms with Crippen LogP contribution in [0.3, 0.4) is 0 Å². The molecule has 0 radical (unpaired) electrons. The van der Waals surface area contributed by atoms with Gasteiger partial charge in [-0.05, 0) is 37.3 Å². The Morgan fingerprint density at radius 3 is 2.68 bits per heavy atom. The molecule has 0 unspecified atom stereocenters. The average Bonchev–Trinajstić information content (AvgIpc) is 2.63. The molecule has 0 aliphatic heterocycles. The van der Waals surface area contributed by atoms with Gasteiger partial charge < -0.3 is 14.6 Å². The Hall–Kier alpha value is -3.15. The fourth-order valence-electron chi connectivity index (χ4n) is 2.68. The van der Waals surface area contributed by atoms with Gasteiger partial charge in [-0.15, -0.1) is 0 Å². The number of hydrogen-bond donors (Lipinski definition) is 1. The summed E-state index contributed by atoms with van der Waals surface area (Å²) >= 11 is 0. The fourth-order valence-corrected chi connectivity index (χ4v) is 2.68. The van der Waals surface area contributed by atoms with E-state index in [0.29, 0.717) is 23.2 Å². The standard InChI is InChI=1S/C19H17FN2O3/c1-3-22-11-14(19(24)21-16-7-5-4-6-15(16)20)18(23)13-10-12(25-2)8-9-17(13)22/h4-11H,3H2,1-2H3,(H,21,24). The number of rotatable bonds is 4. The Bertz CT molecular complexity index is 1010. The van der Waals surface area contributed by atoms with Crippen molar-refractivity contribution in [2.24, 2.45) is 0 Å². The molecule has 1 aromatic heterocycles. The number of amides is 1. The van der Waals surface area contributed by atoms with Gasteiger partial charge in [-0.25, -0.2) is 4.39 Å². The zero-order chi connectivity index (χ0) is 18.0. The number of halogens is 1. The highest BCUT2D eigenvalue weighted by Crippen LogP contribution is 2.20. The molecule has 128 valence electrons. The van der Waals surface area contributed by atoms with Gasteiger partial charge in [0.1, 0.15) is 17.1 Å². The van der Waals surface area contributed by atoms with Gasteiger partial charge in [-0.2, -0.15) is 0 Å². The van der Waals surface area contributed by atoms with Gasteiger partial charge in [0.15, 0.2) is 0 Å². The number of hydrogen-bond acceptors (Lipinski definition) is 3. The first-order valence-corrected chi connectivity index (χ1v) is 7.82. The van der Waals surface area contributed by atoms with Crippen LogP contribution in [-0.2, 0) is 6.54 Å². The van der Waals surface area contributed by atoms with Gasteiger partial charge in [0.05, 0.1) is 23.7 Å². The Kier molecular flexibility index (Phi) is 4.52. The second kappa shape index (κ2) is 6.76. The lowest BCUT2D eigenvalue weighted by atomic mass is 10.1. The first kappa shape index (κ1) is 16.7. The van der Waals surface area contributed by atoms with Crippen LogP contribution in [0.2, 0.25) is 0 Å². The third kappa shape index (κ3) is 3.10. The summed E-state index contributed by atoms with van der Waals surface area (Å²) in [4.78, 5) is 25.3. The van der Waals surface area contributed by atoms with Crippen molar-refractivity contribution >= 4 is 22.5 Å². The molecular weight excluding hydrogens is 323 g/mol. The maximum Gasteiger partial charge on any atom is 0.261 e. The van der Waals surface area contributed by atoms with E-state index in [1.807, 2.05) is 6.92 Å². The monoisotopic (exact) mass is 340 g/mol. The largest absolute Gasteiger partial charge is 0.497 e. The van der Waals surface area contributed by atoms with Crippen LogP contribution in [0.1, 0.15) is 17.3 Å². The summed E-state index contributed by atoms with van der Waals surface area (Å²) in [6.45, 7) is 2.48. The first-order valence-electron chi connectivity index (χ1n) is 7.82. The van der Waals surface area contributed by atoms with Crippen molar-refractivity contribution in [3.8, 4) is 5.75 Å². The lowest BCUT2D eigenvalue weighted by Crippen LogP contribution is -2.24. The number of aromatic nitrogens is 1. The van der Waals surface area contributed by atoms with Crippen LogP contribution in [0.25, 0.3) is 10.9 Å². The van der Waals surface area contributed by atoms with E-state index in [4.69, 9.17) is 4.74 Å². The summed E-state index contributed by atoms with van der Waals surface area (Å²) in [7, 11) is 1.51. The highest BCUT2D eigenvalue weighted by molar-refractivity contribution is 6.05. The summed E-state index contributed by atoms with van der Waals surface area (Å²) in [5.41, 5.74) is 0.259. The molecule has 3 aromatic rings. The molecule has 0 saturated heterocycles. The molecule has 0 fully saturated rings. The molecule has 0 aliphatic rings. The third-order valence-corrected chi connectivity index (χ3v) is 3.99. The minimum absolute atomic E-state index is 0.0284. The van der Waals surface area contributed by atoms with Gasteiger partial charge in [-0.1, -0.05) is 12.1 Å². The van der Waals surface area contributed by atoms with E-state index in [1.54, 1.807) is 28.8 Å². The van der Waals surface area contributed by atoms with Crippen molar-refractivity contribution in [3.63, 3.8) is 0 Å². The van der Waals surface area contributed by atoms with E-state index < -0.39 is 17.2 Å². The van der Waals surface area contributed by atoms with Gasteiger partial charge in [0, 0.05) is 12.7 Å². The number of carbonyl (C=O) groups excluding carboxylic acids is 1. The number of carbonyl (C=O) groups is 1. The maximum absolute atomic E-state index is 13.7. The van der Waals surface area contributed by atoms with E-state index in [1.165, 1.54) is 31.5 Å². The molecule has 1 amide bonds. The Morgan fingerprint density at radius 2 is 2.00 bits per heavy atom. The van der Waals surface area contributed by atoms with E-state index in [9.17, 15) is 14.0 Å². The Balaban J connectivity index is 2.12. The number of anilines is 1. The molecule has 0 aliphatic carbocycles. The molecule has 0 atom stereocenters. The molecule has 0 bridgehead atoms. The lowest BCUT2D eigenvalue weighted by molar-refractivity contribution is 0.102. The second-order valence-corrected chi connectivity index (χ2v) is 5.47. The SMILES string of the molecule is CCn1cc(C(=O)Nc2ccccc2F)c(=O)c2cc(OC)ccc21. The third-order valence-electron chi connectivity index (χ3n) is 3.99. The van der Waals surface area contributed by atoms with Gasteiger partial charge >= 0.3 is 0 Å². The number of ether oxygens (including phenoxy) is 1. The van der Waals surface area contributed by atoms with E-state index in [0.717, 1.165) is 0 Å². The average molecular weight is 340 g/mol. The summed E-state index contributed by atoms with van der Waals surface area (Å²) in [6, 6.07) is 10.9. The number of benzene rings is 2. The van der Waals surface area contributed by atoms with Gasteiger partial charge in [-0.3, -0.25) is 9.59 Å². The molecule has 25 heavy (non-hydrogen) atoms. The highest BCUT2D eigenvalue weighted by atomic mass is 19.1. The molecule has 6 heteroatoms. The van der Waals surface area contributed by atoms with Crippen LogP contribution in [-0.4, -0.2) is 17.6 Å². The minimum Gasteiger partial charge on any atom is -0.497 e. The van der Waals surface area contributed by atoms with Gasteiger partial charge in [0.25, 0.3) is 5.91 Å². The highest BCUT2D eigenvalue weighted by Gasteiger charge is 2.17. The lowest BCUT2D eigenvalue weighted by Gasteiger charge is -2.13. The normalized spacial score (nSPS) is 10.7. The molecule has 3 rings (SSSR count). The number of pyridine rings is 1. The predicted molar refractivity (Wildman–Crippen MR) is 94.8 cm³/mol. The smallest absolute Gasteiger partial charge is 0.261 e. The molecule has 5 nitrogen and oxygen atoms in total. The van der Waals surface area contributed by atoms with Crippen LogP contribution in [0, 0.1) is 5.82 Å². The van der Waals surface area contributed by atoms with Crippen LogP contribution in [0.15, 0.2) is 53.5 Å². The van der Waals surface area contributed by atoms with Crippen LogP contribution in [0.5, 0.6) is 5.75 Å². The fraction of sp³-hybridized carbons (Fsp3) is 0.158. The molecule has 2 aromatic carbocycles. The number of fused-ring (bicyclic) bond motifs is 1. The molecule has 0 saturated carbocycles. The number of methoxy groups -OCH3 is 1. The minimum atomic E-state index is -0.651. The van der Waals surface area contributed by atoms with Crippen molar-refractivity contribution in [2.75, 3.05) is 12.4 Å². The van der Waals surface area contributed by atoms with Crippen LogP contribution >= 0.6 is 0 Å². The Labute approximate surface area is 143 Å². The first-order chi connectivity index (χ1) is 12.0. The van der Waals surface area contributed by atoms with E-state index in [-0.39, 0.29) is 11.3 Å². The van der Waals surface area contributed by atoms with Crippen molar-refractivity contribution in [1.29, 1.82) is 0 Å². The van der Waals surface area contributed by atoms with Crippen molar-refractivity contribution in [3.05, 3.63) is 70.3 Å². The molecule has 1 N–H and O–H groups in total. The summed E-state index contributed by atoms with van der Waals surface area (Å²) < 4.78 is 20.7. The van der Waals surface area contributed by atoms with Crippen molar-refractivity contribution in [1.82, 2.24) is 4.57 Å². The number of para-hydroxylation sites is 1. The van der Waals surface area contributed by atoms with Gasteiger partial charge in [0.2, 0.25) is 5.43 Å². The zero-order valence-electron chi connectivity index (χ0n) is 13.9. The number of nitrogens with one attached hydrogen (secondary N) is 1. The summed E-state index contributed by atoms with van der Waals surface area (Å²) in [6.07, 6.45) is 1.49. The molecule has 0 spiro atoms. The van der Waals surface area contributed by atoms with Crippen molar-refractivity contribution in [2.45, 2.75) is 13.5 Å². The summed E-state index contributed by atoms with van der Waals surface area (Å²) in [5, 5.41) is 2.83. The quantitative estimate of drug-likeness (QED) is 0.792. The van der Waals surface area contributed by atoms with Crippen LogP contribution in [0.4, 0.5) is 10.1 Å². The number of nitrogens with zero attached hydrogens (tertiary/aromatic N) is 1. The summed E-state index contributed by atoms with van der Waals surface area (Å²) in [5.74, 6) is -0.685. The Morgan fingerprint density at radius 1 is 1.24 bits per heavy atom. The zero-order valence-corrected chi connectivity index (χ0v) is 13.9. The van der Waals surface area contributed by atoms with E-state index in [2.05, 4.69) is 5.32 Å². The number of aryl methyl sites for hydroxylation is 1. The molecule has 1 heterocycles. The van der Waals surface area contributed by atoms with E-state index >= 15 is 0 Å². The second-order valence-electron chi connectivity index (χ2n) is 5.47. The predicted octanol–water partition coefficient (Wildman–Crippen LogP) is 3.42. The van der Waals surface area contributed by atoms with Crippen LogP contribution < -0.4 is 15.5 Å². The maximum atomic E-state index is 13.7. The topological polar surface area (TPSA) is 60.3 Å². The van der Waals surface area contributed by atoms with Crippen molar-refractivity contribution < 1.29 is 13.9 Å². The molecular formula is C19H17FN2O3.